The van der Waals surface area contributed by atoms with Gasteiger partial charge in [-0.1, -0.05) is 41.4 Å². The van der Waals surface area contributed by atoms with Gasteiger partial charge in [0.05, 0.1) is 0 Å². The van der Waals surface area contributed by atoms with Crippen molar-refractivity contribution in [3.8, 4) is 0 Å². The highest BCUT2D eigenvalue weighted by molar-refractivity contribution is 6.31. The highest BCUT2D eigenvalue weighted by atomic mass is 35.5. The summed E-state index contributed by atoms with van der Waals surface area (Å²) in [5.74, 6) is 0. The third-order valence-corrected chi connectivity index (χ3v) is 3.65. The van der Waals surface area contributed by atoms with Gasteiger partial charge < -0.3 is 5.11 Å². The summed E-state index contributed by atoms with van der Waals surface area (Å²) in [4.78, 5) is 0. The van der Waals surface area contributed by atoms with Gasteiger partial charge in [0.15, 0.2) is 0 Å². The highest BCUT2D eigenvalue weighted by Crippen LogP contribution is 2.29. The van der Waals surface area contributed by atoms with Gasteiger partial charge in [-0.3, -0.25) is 0 Å². The van der Waals surface area contributed by atoms with E-state index in [-0.39, 0.29) is 0 Å². The molecule has 1 nitrogen and oxygen atoms in total. The fourth-order valence-corrected chi connectivity index (χ4v) is 2.37. The minimum absolute atomic E-state index is 0.620. The molecule has 3 heteroatoms. The largest absolute Gasteiger partial charge is 0.384 e. The molecular weight excluding hydrogens is 267 g/mol. The van der Waals surface area contributed by atoms with Crippen LogP contribution in [0.4, 0.5) is 0 Å². The highest BCUT2D eigenvalue weighted by Gasteiger charge is 2.14. The summed E-state index contributed by atoms with van der Waals surface area (Å²) in [5, 5.41) is 11.7. The Kier molecular flexibility index (Phi) is 3.96. The van der Waals surface area contributed by atoms with Gasteiger partial charge in [0.1, 0.15) is 6.10 Å². The van der Waals surface area contributed by atoms with Crippen LogP contribution in [0.3, 0.4) is 0 Å². The smallest absolute Gasteiger partial charge is 0.104 e. The molecule has 0 spiro atoms. The SMILES string of the molecule is Cc1cc(C(O)c2cccc(Cl)c2)c(C)cc1Cl. The van der Waals surface area contributed by atoms with Crippen molar-refractivity contribution >= 4 is 23.2 Å². The zero-order chi connectivity index (χ0) is 13.3. The van der Waals surface area contributed by atoms with Crippen molar-refractivity contribution < 1.29 is 5.11 Å². The molecule has 18 heavy (non-hydrogen) atoms. The van der Waals surface area contributed by atoms with E-state index in [2.05, 4.69) is 0 Å². The Bertz CT molecular complexity index is 579. The summed E-state index contributed by atoms with van der Waals surface area (Å²) in [6, 6.07) is 11.1. The van der Waals surface area contributed by atoms with Crippen LogP contribution in [0, 0.1) is 13.8 Å². The molecular formula is C15H14Cl2O. The first-order valence-electron chi connectivity index (χ1n) is 5.69. The Balaban J connectivity index is 2.46. The molecule has 0 fully saturated rings. The predicted octanol–water partition coefficient (Wildman–Crippen LogP) is 4.69. The number of aliphatic hydroxyl groups excluding tert-OH is 1. The second-order valence-corrected chi connectivity index (χ2v) is 5.26. The van der Waals surface area contributed by atoms with Gasteiger partial charge in [-0.25, -0.2) is 0 Å². The minimum atomic E-state index is -0.681. The van der Waals surface area contributed by atoms with Crippen LogP contribution in [-0.2, 0) is 0 Å². The lowest BCUT2D eigenvalue weighted by molar-refractivity contribution is 0.219. The van der Waals surface area contributed by atoms with Gasteiger partial charge in [-0.05, 0) is 54.3 Å². The van der Waals surface area contributed by atoms with E-state index in [1.807, 2.05) is 38.1 Å². The Morgan fingerprint density at radius 2 is 1.72 bits per heavy atom. The molecule has 2 aromatic rings. The molecule has 1 N–H and O–H groups in total. The second-order valence-electron chi connectivity index (χ2n) is 4.42. The average Bonchev–Trinajstić information content (AvgIpc) is 2.33. The number of hydrogen-bond donors (Lipinski definition) is 1. The number of aliphatic hydroxyl groups is 1. The summed E-state index contributed by atoms with van der Waals surface area (Å²) in [6.45, 7) is 3.87. The van der Waals surface area contributed by atoms with Crippen LogP contribution < -0.4 is 0 Å². The average molecular weight is 281 g/mol. The number of aryl methyl sites for hydroxylation is 2. The van der Waals surface area contributed by atoms with Crippen molar-refractivity contribution in [1.29, 1.82) is 0 Å². The fraction of sp³-hybridized carbons (Fsp3) is 0.200. The van der Waals surface area contributed by atoms with Crippen LogP contribution in [0.2, 0.25) is 10.0 Å². The maximum atomic E-state index is 10.4. The van der Waals surface area contributed by atoms with Crippen LogP contribution in [0.25, 0.3) is 0 Å². The van der Waals surface area contributed by atoms with Crippen molar-refractivity contribution in [2.24, 2.45) is 0 Å². The van der Waals surface area contributed by atoms with Crippen molar-refractivity contribution in [1.82, 2.24) is 0 Å². The molecule has 0 saturated heterocycles. The lowest BCUT2D eigenvalue weighted by atomic mass is 9.96. The van der Waals surface area contributed by atoms with Gasteiger partial charge in [-0.15, -0.1) is 0 Å². The quantitative estimate of drug-likeness (QED) is 0.846. The van der Waals surface area contributed by atoms with Crippen LogP contribution in [0.5, 0.6) is 0 Å². The van der Waals surface area contributed by atoms with E-state index >= 15 is 0 Å². The van der Waals surface area contributed by atoms with Crippen molar-refractivity contribution in [3.05, 3.63) is 68.7 Å². The summed E-state index contributed by atoms with van der Waals surface area (Å²) in [6.07, 6.45) is -0.681. The van der Waals surface area contributed by atoms with E-state index in [4.69, 9.17) is 23.2 Å². The summed E-state index contributed by atoms with van der Waals surface area (Å²) in [5.41, 5.74) is 3.57. The first-order valence-corrected chi connectivity index (χ1v) is 6.45. The molecule has 94 valence electrons. The van der Waals surface area contributed by atoms with Gasteiger partial charge in [0, 0.05) is 10.0 Å². The zero-order valence-corrected chi connectivity index (χ0v) is 11.8. The Labute approximate surface area is 117 Å². The van der Waals surface area contributed by atoms with Crippen molar-refractivity contribution in [3.63, 3.8) is 0 Å². The van der Waals surface area contributed by atoms with Crippen LogP contribution in [0.15, 0.2) is 36.4 Å². The molecule has 0 aliphatic heterocycles. The van der Waals surface area contributed by atoms with Crippen LogP contribution >= 0.6 is 23.2 Å². The lowest BCUT2D eigenvalue weighted by Crippen LogP contribution is -2.02. The first kappa shape index (κ1) is 13.4. The van der Waals surface area contributed by atoms with Crippen LogP contribution in [-0.4, -0.2) is 5.11 Å². The van der Waals surface area contributed by atoms with E-state index in [9.17, 15) is 5.11 Å². The van der Waals surface area contributed by atoms with Gasteiger partial charge in [0.25, 0.3) is 0 Å². The van der Waals surface area contributed by atoms with Crippen LogP contribution in [0.1, 0.15) is 28.4 Å². The molecule has 2 rings (SSSR count). The van der Waals surface area contributed by atoms with E-state index in [1.165, 1.54) is 0 Å². The predicted molar refractivity (Wildman–Crippen MR) is 76.4 cm³/mol. The van der Waals surface area contributed by atoms with Gasteiger partial charge in [-0.2, -0.15) is 0 Å². The van der Waals surface area contributed by atoms with E-state index in [1.54, 1.807) is 12.1 Å². The molecule has 0 heterocycles. The van der Waals surface area contributed by atoms with Gasteiger partial charge >= 0.3 is 0 Å². The monoisotopic (exact) mass is 280 g/mol. The molecule has 0 saturated carbocycles. The molecule has 2 aromatic carbocycles. The van der Waals surface area contributed by atoms with Crippen molar-refractivity contribution in [2.75, 3.05) is 0 Å². The molecule has 1 unspecified atom stereocenters. The number of benzene rings is 2. The Hall–Kier alpha value is -1.02. The maximum absolute atomic E-state index is 10.4. The summed E-state index contributed by atoms with van der Waals surface area (Å²) >= 11 is 12.0. The van der Waals surface area contributed by atoms with Gasteiger partial charge in [0.2, 0.25) is 0 Å². The minimum Gasteiger partial charge on any atom is -0.384 e. The molecule has 1 atom stereocenters. The Morgan fingerprint density at radius 1 is 1.00 bits per heavy atom. The second kappa shape index (κ2) is 5.31. The number of hydrogen-bond acceptors (Lipinski definition) is 1. The molecule has 0 radical (unpaired) electrons. The third-order valence-electron chi connectivity index (χ3n) is 3.01. The van der Waals surface area contributed by atoms with E-state index in [0.717, 1.165) is 27.3 Å². The molecule has 0 aliphatic carbocycles. The number of rotatable bonds is 2. The summed E-state index contributed by atoms with van der Waals surface area (Å²) in [7, 11) is 0. The fourth-order valence-electron chi connectivity index (χ4n) is 1.95. The van der Waals surface area contributed by atoms with E-state index in [0.29, 0.717) is 5.02 Å². The standard InChI is InChI=1S/C15H14Cl2O/c1-9-7-14(17)10(2)6-13(9)15(18)11-4-3-5-12(16)8-11/h3-8,15,18H,1-2H3. The maximum Gasteiger partial charge on any atom is 0.104 e. The topological polar surface area (TPSA) is 20.2 Å². The molecule has 0 aliphatic rings. The lowest BCUT2D eigenvalue weighted by Gasteiger charge is -2.16. The number of halogens is 2. The molecule has 0 bridgehead atoms. The normalized spacial score (nSPS) is 12.5. The first-order chi connectivity index (χ1) is 8.49. The zero-order valence-electron chi connectivity index (χ0n) is 10.2. The summed E-state index contributed by atoms with van der Waals surface area (Å²) < 4.78 is 0. The van der Waals surface area contributed by atoms with E-state index < -0.39 is 6.10 Å². The Morgan fingerprint density at radius 3 is 2.39 bits per heavy atom. The third kappa shape index (κ3) is 2.69. The van der Waals surface area contributed by atoms with Crippen molar-refractivity contribution in [2.45, 2.75) is 20.0 Å². The molecule has 0 aromatic heterocycles. The molecule has 0 amide bonds.